The van der Waals surface area contributed by atoms with E-state index in [9.17, 15) is 26.4 Å². The molecule has 2 rings (SSSR count). The van der Waals surface area contributed by atoms with E-state index in [1.807, 2.05) is 0 Å². The number of nitrogens with one attached hydrogen (secondary N) is 1. The lowest BCUT2D eigenvalue weighted by atomic mass is 9.98. The maximum atomic E-state index is 12.7. The second kappa shape index (κ2) is 6.48. The van der Waals surface area contributed by atoms with Crippen LogP contribution in [-0.2, 0) is 21.0 Å². The number of sulfonamides is 1. The van der Waals surface area contributed by atoms with Crippen molar-refractivity contribution in [1.82, 2.24) is 4.31 Å². The molecule has 1 aliphatic heterocycles. The molecule has 23 heavy (non-hydrogen) atoms. The number of nitrogens with zero attached hydrogens (tertiary/aromatic N) is 1. The number of hydrogen-bond donors (Lipinski definition) is 1. The summed E-state index contributed by atoms with van der Waals surface area (Å²) < 4.78 is 62.3. The maximum Gasteiger partial charge on any atom is 0.416 e. The van der Waals surface area contributed by atoms with E-state index in [2.05, 4.69) is 5.32 Å². The van der Waals surface area contributed by atoms with Crippen molar-refractivity contribution in [3.63, 3.8) is 0 Å². The maximum absolute atomic E-state index is 12.7. The summed E-state index contributed by atoms with van der Waals surface area (Å²) >= 11 is 0. The first-order valence-electron chi connectivity index (χ1n) is 7.00. The van der Waals surface area contributed by atoms with E-state index >= 15 is 0 Å². The van der Waals surface area contributed by atoms with Gasteiger partial charge < -0.3 is 5.32 Å². The summed E-state index contributed by atoms with van der Waals surface area (Å²) in [7, 11) is -3.39. The minimum Gasteiger partial charge on any atom is -0.326 e. The smallest absolute Gasteiger partial charge is 0.326 e. The molecule has 1 amide bonds. The second-order valence-electron chi connectivity index (χ2n) is 5.53. The molecule has 1 aromatic carbocycles. The SMILES string of the molecule is CS(=O)(=O)N1CCC[C@H](C(=O)Nc2cccc(C(F)(F)F)c2)C1. The molecule has 1 heterocycles. The fourth-order valence-corrected chi connectivity index (χ4v) is 3.39. The van der Waals surface area contributed by atoms with E-state index in [4.69, 9.17) is 0 Å². The van der Waals surface area contributed by atoms with Crippen molar-refractivity contribution < 1.29 is 26.4 Å². The van der Waals surface area contributed by atoms with Crippen molar-refractivity contribution in [3.05, 3.63) is 29.8 Å². The largest absolute Gasteiger partial charge is 0.416 e. The molecule has 1 atom stereocenters. The van der Waals surface area contributed by atoms with Gasteiger partial charge in [-0.25, -0.2) is 12.7 Å². The third-order valence-corrected chi connectivity index (χ3v) is 4.95. The fourth-order valence-electron chi connectivity index (χ4n) is 2.48. The molecule has 1 aromatic rings. The van der Waals surface area contributed by atoms with Gasteiger partial charge in [0.15, 0.2) is 0 Å². The molecule has 1 saturated heterocycles. The molecule has 0 spiro atoms. The van der Waals surface area contributed by atoms with Crippen molar-refractivity contribution in [3.8, 4) is 0 Å². The Balaban J connectivity index is 2.07. The molecule has 0 aliphatic carbocycles. The monoisotopic (exact) mass is 350 g/mol. The molecule has 0 radical (unpaired) electrons. The van der Waals surface area contributed by atoms with Crippen LogP contribution >= 0.6 is 0 Å². The van der Waals surface area contributed by atoms with Gasteiger partial charge in [0.1, 0.15) is 0 Å². The van der Waals surface area contributed by atoms with Crippen LogP contribution < -0.4 is 5.32 Å². The average molecular weight is 350 g/mol. The first kappa shape index (κ1) is 17.7. The highest BCUT2D eigenvalue weighted by atomic mass is 32.2. The third-order valence-electron chi connectivity index (χ3n) is 3.68. The molecule has 0 unspecified atom stereocenters. The average Bonchev–Trinajstić information content (AvgIpc) is 2.46. The number of halogens is 3. The molecular formula is C14H17F3N2O3S. The van der Waals surface area contributed by atoms with E-state index < -0.39 is 33.6 Å². The highest BCUT2D eigenvalue weighted by Gasteiger charge is 2.32. The molecule has 1 N–H and O–H groups in total. The fraction of sp³-hybridized carbons (Fsp3) is 0.500. The van der Waals surface area contributed by atoms with E-state index in [-0.39, 0.29) is 12.2 Å². The van der Waals surface area contributed by atoms with E-state index in [1.165, 1.54) is 16.4 Å². The van der Waals surface area contributed by atoms with Gasteiger partial charge in [0.25, 0.3) is 0 Å². The molecule has 9 heteroatoms. The molecule has 1 fully saturated rings. The lowest BCUT2D eigenvalue weighted by Gasteiger charge is -2.30. The van der Waals surface area contributed by atoms with Gasteiger partial charge in [0.2, 0.25) is 15.9 Å². The van der Waals surface area contributed by atoms with E-state index in [0.29, 0.717) is 19.4 Å². The zero-order valence-corrected chi connectivity index (χ0v) is 13.2. The highest BCUT2D eigenvalue weighted by molar-refractivity contribution is 7.88. The first-order chi connectivity index (χ1) is 10.6. The number of rotatable bonds is 3. The predicted octanol–water partition coefficient (Wildman–Crippen LogP) is 2.32. The Kier molecular flexibility index (Phi) is 5.00. The van der Waals surface area contributed by atoms with Crippen LogP contribution in [0.15, 0.2) is 24.3 Å². The molecule has 1 aliphatic rings. The van der Waals surface area contributed by atoms with Gasteiger partial charge in [0, 0.05) is 18.8 Å². The Morgan fingerprint density at radius 2 is 2.04 bits per heavy atom. The number of piperidine rings is 1. The summed E-state index contributed by atoms with van der Waals surface area (Å²) in [6.07, 6.45) is -2.39. The van der Waals surface area contributed by atoms with Crippen LogP contribution in [0.5, 0.6) is 0 Å². The van der Waals surface area contributed by atoms with Crippen LogP contribution in [0.2, 0.25) is 0 Å². The number of carbonyl (C=O) groups is 1. The number of benzene rings is 1. The molecule has 0 bridgehead atoms. The van der Waals surface area contributed by atoms with Gasteiger partial charge in [-0.3, -0.25) is 4.79 Å². The Hall–Kier alpha value is -1.61. The van der Waals surface area contributed by atoms with Gasteiger partial charge in [-0.1, -0.05) is 6.07 Å². The van der Waals surface area contributed by atoms with Gasteiger partial charge in [-0.2, -0.15) is 13.2 Å². The first-order valence-corrected chi connectivity index (χ1v) is 8.85. The van der Waals surface area contributed by atoms with Crippen molar-refractivity contribution in [2.45, 2.75) is 19.0 Å². The van der Waals surface area contributed by atoms with Gasteiger partial charge in [0.05, 0.1) is 17.7 Å². The summed E-state index contributed by atoms with van der Waals surface area (Å²) in [6, 6.07) is 4.35. The minimum atomic E-state index is -4.49. The van der Waals surface area contributed by atoms with Crippen molar-refractivity contribution in [1.29, 1.82) is 0 Å². The van der Waals surface area contributed by atoms with Crippen molar-refractivity contribution >= 4 is 21.6 Å². The summed E-state index contributed by atoms with van der Waals surface area (Å²) in [5.74, 6) is -1.05. The number of anilines is 1. The lowest BCUT2D eigenvalue weighted by Crippen LogP contribution is -2.43. The number of amides is 1. The number of alkyl halides is 3. The minimum absolute atomic E-state index is 0.0429. The summed E-state index contributed by atoms with van der Waals surface area (Å²) in [5, 5.41) is 2.44. The number of hydrogen-bond acceptors (Lipinski definition) is 3. The highest BCUT2D eigenvalue weighted by Crippen LogP contribution is 2.31. The Bertz CT molecular complexity index is 689. The summed E-state index contributed by atoms with van der Waals surface area (Å²) in [6.45, 7) is 0.399. The normalized spacial score (nSPS) is 20.3. The molecule has 0 saturated carbocycles. The quantitative estimate of drug-likeness (QED) is 0.910. The molecule has 128 valence electrons. The Labute approximate surface area is 132 Å². The second-order valence-corrected chi connectivity index (χ2v) is 7.51. The summed E-state index contributed by atoms with van der Waals surface area (Å²) in [5.41, 5.74) is -0.807. The van der Waals surface area contributed by atoms with Gasteiger partial charge in [-0.15, -0.1) is 0 Å². The standard InChI is InChI=1S/C14H17F3N2O3S/c1-23(21,22)19-7-3-4-10(9-19)13(20)18-12-6-2-5-11(8-12)14(15,16)17/h2,5-6,8,10H,3-4,7,9H2,1H3,(H,18,20)/t10-/m0/s1. The Morgan fingerprint density at radius 3 is 2.65 bits per heavy atom. The van der Waals surface area contributed by atoms with Gasteiger partial charge in [-0.05, 0) is 31.0 Å². The van der Waals surface area contributed by atoms with Crippen molar-refractivity contribution in [2.24, 2.45) is 5.92 Å². The topological polar surface area (TPSA) is 66.5 Å². The number of carbonyl (C=O) groups excluding carboxylic acids is 1. The van der Waals surface area contributed by atoms with Crippen LogP contribution in [-0.4, -0.2) is 38.0 Å². The zero-order chi connectivity index (χ0) is 17.3. The van der Waals surface area contributed by atoms with E-state index in [1.54, 1.807) is 0 Å². The van der Waals surface area contributed by atoms with Crippen LogP contribution in [0, 0.1) is 5.92 Å². The van der Waals surface area contributed by atoms with Crippen LogP contribution in [0.25, 0.3) is 0 Å². The molecular weight excluding hydrogens is 333 g/mol. The third kappa shape index (κ3) is 4.68. The van der Waals surface area contributed by atoms with Gasteiger partial charge >= 0.3 is 6.18 Å². The summed E-state index contributed by atoms with van der Waals surface area (Å²) in [4.78, 5) is 12.2. The Morgan fingerprint density at radius 1 is 1.35 bits per heavy atom. The predicted molar refractivity (Wildman–Crippen MR) is 79.2 cm³/mol. The lowest BCUT2D eigenvalue weighted by molar-refractivity contribution is -0.137. The van der Waals surface area contributed by atoms with Crippen LogP contribution in [0.3, 0.4) is 0 Å². The van der Waals surface area contributed by atoms with Crippen LogP contribution in [0.1, 0.15) is 18.4 Å². The molecule has 5 nitrogen and oxygen atoms in total. The van der Waals surface area contributed by atoms with Crippen molar-refractivity contribution in [2.75, 3.05) is 24.7 Å². The van der Waals surface area contributed by atoms with Crippen LogP contribution in [0.4, 0.5) is 18.9 Å². The molecule has 0 aromatic heterocycles. The zero-order valence-electron chi connectivity index (χ0n) is 12.4. The van der Waals surface area contributed by atoms with E-state index in [0.717, 1.165) is 18.4 Å².